The fourth-order valence-corrected chi connectivity index (χ4v) is 1.95. The van der Waals surface area contributed by atoms with Crippen molar-refractivity contribution in [3.8, 4) is 23.1 Å². The maximum Gasteiger partial charge on any atom is 0.174 e. The zero-order valence-electron chi connectivity index (χ0n) is 10.7. The van der Waals surface area contributed by atoms with E-state index in [1.807, 2.05) is 6.07 Å². The summed E-state index contributed by atoms with van der Waals surface area (Å²) < 4.78 is 14.7. The molecule has 0 radical (unpaired) electrons. The van der Waals surface area contributed by atoms with E-state index in [4.69, 9.17) is 5.73 Å². The molecule has 6 nitrogen and oxygen atoms in total. The molecule has 0 fully saturated rings. The molecule has 0 saturated heterocycles. The van der Waals surface area contributed by atoms with E-state index in [9.17, 15) is 9.65 Å². The molecule has 0 saturated carbocycles. The largest absolute Gasteiger partial charge is 0.382 e. The monoisotopic (exact) mass is 280 g/mol. The molecule has 3 aromatic rings. The van der Waals surface area contributed by atoms with Gasteiger partial charge in [-0.3, -0.25) is 4.98 Å². The fourth-order valence-electron chi connectivity index (χ4n) is 1.95. The average Bonchev–Trinajstić information content (AvgIpc) is 2.85. The molecule has 0 bridgehead atoms. The van der Waals surface area contributed by atoms with Gasteiger partial charge >= 0.3 is 0 Å². The van der Waals surface area contributed by atoms with Crippen molar-refractivity contribution in [1.29, 1.82) is 5.26 Å². The van der Waals surface area contributed by atoms with E-state index >= 15 is 0 Å². The Kier molecular flexibility index (Phi) is 3.04. The Morgan fingerprint density at radius 1 is 1.29 bits per heavy atom. The second-order valence-electron chi connectivity index (χ2n) is 4.21. The molecule has 0 unspecified atom stereocenters. The number of rotatable bonds is 2. The summed E-state index contributed by atoms with van der Waals surface area (Å²) in [6.45, 7) is 0. The maximum atomic E-state index is 13.3. The highest BCUT2D eigenvalue weighted by Crippen LogP contribution is 2.28. The molecule has 7 heteroatoms. The summed E-state index contributed by atoms with van der Waals surface area (Å²) in [7, 11) is 0. The van der Waals surface area contributed by atoms with Crippen LogP contribution in [-0.4, -0.2) is 19.7 Å². The highest BCUT2D eigenvalue weighted by molar-refractivity contribution is 5.73. The van der Waals surface area contributed by atoms with Crippen LogP contribution in [0.1, 0.15) is 5.56 Å². The van der Waals surface area contributed by atoms with Crippen molar-refractivity contribution < 1.29 is 4.39 Å². The van der Waals surface area contributed by atoms with Gasteiger partial charge in [0.05, 0.1) is 6.20 Å². The molecule has 102 valence electrons. The minimum atomic E-state index is -0.413. The number of nitriles is 1. The van der Waals surface area contributed by atoms with Crippen LogP contribution in [0.3, 0.4) is 0 Å². The number of nitrogens with two attached hydrogens (primary N) is 1. The van der Waals surface area contributed by atoms with Crippen molar-refractivity contribution in [2.24, 2.45) is 0 Å². The van der Waals surface area contributed by atoms with Gasteiger partial charge in [-0.2, -0.15) is 15.0 Å². The Labute approximate surface area is 119 Å². The van der Waals surface area contributed by atoms with Gasteiger partial charge in [0.25, 0.3) is 0 Å². The molecular formula is C14H9FN6. The van der Waals surface area contributed by atoms with Crippen LogP contribution in [-0.2, 0) is 0 Å². The number of nitrogens with zero attached hydrogens (tertiary/aromatic N) is 5. The van der Waals surface area contributed by atoms with E-state index in [2.05, 4.69) is 15.1 Å². The second-order valence-corrected chi connectivity index (χ2v) is 4.21. The van der Waals surface area contributed by atoms with E-state index in [-0.39, 0.29) is 11.4 Å². The summed E-state index contributed by atoms with van der Waals surface area (Å²) in [4.78, 5) is 8.02. The molecule has 0 aliphatic carbocycles. The lowest BCUT2D eigenvalue weighted by molar-refractivity contribution is 0.628. The molecule has 2 aromatic heterocycles. The summed E-state index contributed by atoms with van der Waals surface area (Å²) >= 11 is 0. The molecule has 2 N–H and O–H groups in total. The van der Waals surface area contributed by atoms with Crippen LogP contribution in [0, 0.1) is 17.1 Å². The maximum absolute atomic E-state index is 13.3. The summed E-state index contributed by atoms with van der Waals surface area (Å²) in [5.74, 6) is 0.107. The molecule has 1 aromatic carbocycles. The summed E-state index contributed by atoms with van der Waals surface area (Å²) in [6, 6.07) is 7.81. The molecule has 21 heavy (non-hydrogen) atoms. The first-order valence-electron chi connectivity index (χ1n) is 6.01. The fraction of sp³-hybridized carbons (Fsp3) is 0. The number of aromatic nitrogens is 4. The van der Waals surface area contributed by atoms with Crippen LogP contribution in [0.5, 0.6) is 0 Å². The third-order valence-electron chi connectivity index (χ3n) is 2.90. The van der Waals surface area contributed by atoms with Crippen LogP contribution in [0.4, 0.5) is 10.2 Å². The Morgan fingerprint density at radius 3 is 2.81 bits per heavy atom. The first kappa shape index (κ1) is 12.7. The highest BCUT2D eigenvalue weighted by Gasteiger charge is 2.18. The van der Waals surface area contributed by atoms with Crippen molar-refractivity contribution >= 4 is 5.82 Å². The van der Waals surface area contributed by atoms with Gasteiger partial charge in [-0.25, -0.2) is 9.37 Å². The lowest BCUT2D eigenvalue weighted by Crippen LogP contribution is -2.04. The van der Waals surface area contributed by atoms with Crippen molar-refractivity contribution in [1.82, 2.24) is 19.7 Å². The van der Waals surface area contributed by atoms with E-state index < -0.39 is 5.82 Å². The SMILES string of the molecule is N#Cc1c(-c2cccc(F)c2)nn(-c2cnccn2)c1N. The molecule has 0 atom stereocenters. The van der Waals surface area contributed by atoms with E-state index in [1.54, 1.807) is 12.1 Å². The second kappa shape index (κ2) is 5.02. The van der Waals surface area contributed by atoms with Gasteiger partial charge in [0.2, 0.25) is 0 Å². The Morgan fingerprint density at radius 2 is 2.14 bits per heavy atom. The Balaban J connectivity index is 2.22. The Bertz CT molecular complexity index is 834. The van der Waals surface area contributed by atoms with Gasteiger partial charge in [0.1, 0.15) is 29.0 Å². The lowest BCUT2D eigenvalue weighted by atomic mass is 10.1. The third-order valence-corrected chi connectivity index (χ3v) is 2.90. The number of anilines is 1. The number of nitrogen functional groups attached to an aromatic ring is 1. The number of hydrogen-bond acceptors (Lipinski definition) is 5. The van der Waals surface area contributed by atoms with Gasteiger partial charge in [0, 0.05) is 18.0 Å². The van der Waals surface area contributed by atoms with Crippen LogP contribution in [0.25, 0.3) is 17.1 Å². The lowest BCUT2D eigenvalue weighted by Gasteiger charge is -2.00. The quantitative estimate of drug-likeness (QED) is 0.774. The third kappa shape index (κ3) is 2.19. The molecule has 0 aliphatic rings. The summed E-state index contributed by atoms with van der Waals surface area (Å²) in [6.07, 6.45) is 4.48. The van der Waals surface area contributed by atoms with E-state index in [0.29, 0.717) is 17.1 Å². The van der Waals surface area contributed by atoms with Gasteiger partial charge in [0.15, 0.2) is 5.82 Å². The molecule has 2 heterocycles. The Hall–Kier alpha value is -3.27. The molecule has 0 aliphatic heterocycles. The normalized spacial score (nSPS) is 10.3. The minimum Gasteiger partial charge on any atom is -0.382 e. The highest BCUT2D eigenvalue weighted by atomic mass is 19.1. The zero-order valence-corrected chi connectivity index (χ0v) is 10.7. The smallest absolute Gasteiger partial charge is 0.174 e. The van der Waals surface area contributed by atoms with Crippen molar-refractivity contribution in [2.75, 3.05) is 5.73 Å². The topological polar surface area (TPSA) is 93.4 Å². The summed E-state index contributed by atoms with van der Waals surface area (Å²) in [5, 5.41) is 13.5. The van der Waals surface area contributed by atoms with Crippen LogP contribution < -0.4 is 5.73 Å². The number of benzene rings is 1. The first-order valence-corrected chi connectivity index (χ1v) is 6.01. The molecule has 0 spiro atoms. The summed E-state index contributed by atoms with van der Waals surface area (Å²) in [5.41, 5.74) is 6.89. The van der Waals surface area contributed by atoms with E-state index in [1.165, 1.54) is 35.4 Å². The van der Waals surface area contributed by atoms with Gasteiger partial charge in [-0.05, 0) is 12.1 Å². The predicted molar refractivity (Wildman–Crippen MR) is 73.7 cm³/mol. The molecular weight excluding hydrogens is 271 g/mol. The van der Waals surface area contributed by atoms with Crippen LogP contribution >= 0.6 is 0 Å². The first-order chi connectivity index (χ1) is 10.2. The average molecular weight is 280 g/mol. The van der Waals surface area contributed by atoms with Gasteiger partial charge in [-0.1, -0.05) is 12.1 Å². The standard InChI is InChI=1S/C14H9FN6/c15-10-3-1-2-9(6-10)13-11(7-16)14(17)21(20-13)12-8-18-4-5-19-12/h1-6,8H,17H2. The van der Waals surface area contributed by atoms with Crippen LogP contribution in [0.15, 0.2) is 42.9 Å². The minimum absolute atomic E-state index is 0.136. The van der Waals surface area contributed by atoms with Crippen molar-refractivity contribution in [2.45, 2.75) is 0 Å². The van der Waals surface area contributed by atoms with Crippen molar-refractivity contribution in [3.05, 3.63) is 54.2 Å². The van der Waals surface area contributed by atoms with Gasteiger partial charge in [-0.15, -0.1) is 0 Å². The number of hydrogen-bond donors (Lipinski definition) is 1. The van der Waals surface area contributed by atoms with Crippen molar-refractivity contribution in [3.63, 3.8) is 0 Å². The van der Waals surface area contributed by atoms with E-state index in [0.717, 1.165) is 0 Å². The molecule has 3 rings (SSSR count). The van der Waals surface area contributed by atoms with Crippen LogP contribution in [0.2, 0.25) is 0 Å². The predicted octanol–water partition coefficient (Wildman–Crippen LogP) is 1.92. The molecule has 0 amide bonds. The van der Waals surface area contributed by atoms with Gasteiger partial charge < -0.3 is 5.73 Å². The zero-order chi connectivity index (χ0) is 14.8. The number of halogens is 1.